The van der Waals surface area contributed by atoms with Gasteiger partial charge in [-0.25, -0.2) is 0 Å². The van der Waals surface area contributed by atoms with Gasteiger partial charge in [-0.1, -0.05) is 19.1 Å². The average molecular weight is 457 g/mol. The summed E-state index contributed by atoms with van der Waals surface area (Å²) < 4.78 is 40.1. The van der Waals surface area contributed by atoms with Gasteiger partial charge in [0.15, 0.2) is 5.96 Å². The first-order valence-corrected chi connectivity index (χ1v) is 7.73. The van der Waals surface area contributed by atoms with Gasteiger partial charge in [0.2, 0.25) is 0 Å². The number of piperidine rings is 1. The van der Waals surface area contributed by atoms with Crippen LogP contribution in [-0.2, 0) is 6.42 Å². The Balaban J connectivity index is 0.00000288. The molecule has 0 radical (unpaired) electrons. The van der Waals surface area contributed by atoms with E-state index < -0.39 is 6.36 Å². The Morgan fingerprint density at radius 2 is 2.00 bits per heavy atom. The molecular weight excluding hydrogens is 434 g/mol. The van der Waals surface area contributed by atoms with Crippen LogP contribution in [0.2, 0.25) is 0 Å². The Kier molecular flexibility index (Phi) is 8.11. The zero-order chi connectivity index (χ0) is 16.9. The van der Waals surface area contributed by atoms with Crippen molar-refractivity contribution in [2.24, 2.45) is 16.6 Å². The van der Waals surface area contributed by atoms with E-state index in [1.54, 1.807) is 12.1 Å². The van der Waals surface area contributed by atoms with Crippen molar-refractivity contribution >= 4 is 29.9 Å². The van der Waals surface area contributed by atoms with Gasteiger partial charge >= 0.3 is 6.36 Å². The van der Waals surface area contributed by atoms with Gasteiger partial charge < -0.3 is 15.4 Å². The molecule has 0 saturated carbocycles. The molecule has 0 aromatic heterocycles. The van der Waals surface area contributed by atoms with Crippen molar-refractivity contribution in [1.29, 1.82) is 0 Å². The van der Waals surface area contributed by atoms with Crippen molar-refractivity contribution in [2.75, 3.05) is 19.6 Å². The summed E-state index contributed by atoms with van der Waals surface area (Å²) in [6.45, 7) is 4.57. The number of aliphatic imine (C=N–C) groups is 1. The highest BCUT2D eigenvalue weighted by Crippen LogP contribution is 2.22. The van der Waals surface area contributed by atoms with Crippen LogP contribution in [-0.4, -0.2) is 36.9 Å². The van der Waals surface area contributed by atoms with Gasteiger partial charge in [0, 0.05) is 19.6 Å². The molecule has 1 aliphatic heterocycles. The fourth-order valence-corrected chi connectivity index (χ4v) is 2.65. The molecule has 1 fully saturated rings. The minimum Gasteiger partial charge on any atom is -0.406 e. The van der Waals surface area contributed by atoms with Crippen molar-refractivity contribution in [3.8, 4) is 5.75 Å². The van der Waals surface area contributed by atoms with Gasteiger partial charge in [-0.15, -0.1) is 37.1 Å². The second kappa shape index (κ2) is 9.33. The molecule has 1 heterocycles. The first-order valence-electron chi connectivity index (χ1n) is 7.73. The number of nitrogens with two attached hydrogens (primary N) is 1. The second-order valence-electron chi connectivity index (χ2n) is 5.88. The zero-order valence-corrected chi connectivity index (χ0v) is 15.9. The van der Waals surface area contributed by atoms with Crippen molar-refractivity contribution in [2.45, 2.75) is 32.5 Å². The summed E-state index contributed by atoms with van der Waals surface area (Å²) in [5.41, 5.74) is 6.89. The first-order chi connectivity index (χ1) is 10.8. The minimum absolute atomic E-state index is 0. The third kappa shape index (κ3) is 7.14. The molecule has 24 heavy (non-hydrogen) atoms. The molecule has 2 rings (SSSR count). The Hall–Kier alpha value is -1.19. The molecule has 1 aromatic rings. The molecule has 2 N–H and O–H groups in total. The van der Waals surface area contributed by atoms with Gasteiger partial charge in [-0.05, 0) is 42.9 Å². The summed E-state index contributed by atoms with van der Waals surface area (Å²) in [7, 11) is 0. The SMILES string of the molecule is CC1CCCN(C(N)=NCCc2ccc(OC(F)(F)F)cc2)C1.I. The quantitative estimate of drug-likeness (QED) is 0.426. The normalized spacial score (nSPS) is 18.9. The van der Waals surface area contributed by atoms with Crippen molar-refractivity contribution in [3.63, 3.8) is 0 Å². The van der Waals surface area contributed by atoms with Crippen LogP contribution in [0, 0.1) is 5.92 Å². The molecule has 4 nitrogen and oxygen atoms in total. The highest BCUT2D eigenvalue weighted by Gasteiger charge is 2.30. The first kappa shape index (κ1) is 20.9. The average Bonchev–Trinajstić information content (AvgIpc) is 2.47. The summed E-state index contributed by atoms with van der Waals surface area (Å²) in [6, 6.07) is 5.83. The van der Waals surface area contributed by atoms with Crippen molar-refractivity contribution in [3.05, 3.63) is 29.8 Å². The Labute approximate surface area is 157 Å². The highest BCUT2D eigenvalue weighted by atomic mass is 127. The lowest BCUT2D eigenvalue weighted by atomic mass is 10.0. The molecule has 136 valence electrons. The van der Waals surface area contributed by atoms with Crippen LogP contribution in [0.4, 0.5) is 13.2 Å². The Morgan fingerprint density at radius 1 is 1.33 bits per heavy atom. The van der Waals surface area contributed by atoms with Crippen LogP contribution in [0.25, 0.3) is 0 Å². The number of hydrogen-bond acceptors (Lipinski definition) is 2. The monoisotopic (exact) mass is 457 g/mol. The van der Waals surface area contributed by atoms with Crippen molar-refractivity contribution in [1.82, 2.24) is 4.90 Å². The molecule has 0 amide bonds. The third-order valence-corrected chi connectivity index (χ3v) is 3.81. The third-order valence-electron chi connectivity index (χ3n) is 3.81. The molecule has 1 atom stereocenters. The van der Waals surface area contributed by atoms with E-state index >= 15 is 0 Å². The molecular formula is C16H23F3IN3O. The molecule has 0 bridgehead atoms. The maximum absolute atomic E-state index is 12.1. The standard InChI is InChI=1S/C16H22F3N3O.HI/c1-12-3-2-10-22(11-12)15(20)21-9-8-13-4-6-14(7-5-13)23-16(17,18)19;/h4-7,12H,2-3,8-11H2,1H3,(H2,20,21);1H. The van der Waals surface area contributed by atoms with Gasteiger partial charge in [0.25, 0.3) is 0 Å². The topological polar surface area (TPSA) is 50.8 Å². The number of likely N-dealkylation sites (tertiary alicyclic amines) is 1. The predicted octanol–water partition coefficient (Wildman–Crippen LogP) is 3.79. The van der Waals surface area contributed by atoms with E-state index in [0.717, 1.165) is 25.1 Å². The lowest BCUT2D eigenvalue weighted by molar-refractivity contribution is -0.274. The van der Waals surface area contributed by atoms with Crippen LogP contribution < -0.4 is 10.5 Å². The van der Waals surface area contributed by atoms with E-state index in [-0.39, 0.29) is 29.7 Å². The maximum Gasteiger partial charge on any atom is 0.573 e. The molecule has 1 aromatic carbocycles. The Bertz CT molecular complexity index is 534. The maximum atomic E-state index is 12.1. The number of halogens is 4. The number of hydrogen-bond donors (Lipinski definition) is 1. The van der Waals surface area contributed by atoms with Gasteiger partial charge in [-0.3, -0.25) is 4.99 Å². The minimum atomic E-state index is -4.66. The smallest absolute Gasteiger partial charge is 0.406 e. The summed E-state index contributed by atoms with van der Waals surface area (Å²) in [4.78, 5) is 6.46. The number of rotatable bonds is 4. The van der Waals surface area contributed by atoms with E-state index in [2.05, 4.69) is 21.6 Å². The number of benzene rings is 1. The lowest BCUT2D eigenvalue weighted by Gasteiger charge is -2.31. The summed E-state index contributed by atoms with van der Waals surface area (Å²) >= 11 is 0. The van der Waals surface area contributed by atoms with Gasteiger partial charge in [-0.2, -0.15) is 0 Å². The fraction of sp³-hybridized carbons (Fsp3) is 0.562. The lowest BCUT2D eigenvalue weighted by Crippen LogP contribution is -2.43. The summed E-state index contributed by atoms with van der Waals surface area (Å²) in [5.74, 6) is 0.957. The van der Waals surface area contributed by atoms with E-state index in [0.29, 0.717) is 24.8 Å². The van der Waals surface area contributed by atoms with Crippen LogP contribution >= 0.6 is 24.0 Å². The van der Waals surface area contributed by atoms with Gasteiger partial charge in [0.05, 0.1) is 0 Å². The second-order valence-corrected chi connectivity index (χ2v) is 5.88. The molecule has 8 heteroatoms. The van der Waals surface area contributed by atoms with E-state index in [1.807, 2.05) is 0 Å². The summed E-state index contributed by atoms with van der Waals surface area (Å²) in [5, 5.41) is 0. The van der Waals surface area contributed by atoms with Gasteiger partial charge in [0.1, 0.15) is 5.75 Å². The Morgan fingerprint density at radius 3 is 2.58 bits per heavy atom. The predicted molar refractivity (Wildman–Crippen MR) is 98.7 cm³/mol. The fourth-order valence-electron chi connectivity index (χ4n) is 2.65. The van der Waals surface area contributed by atoms with Crippen molar-refractivity contribution < 1.29 is 17.9 Å². The summed E-state index contributed by atoms with van der Waals surface area (Å²) in [6.07, 6.45) is -1.70. The number of guanidine groups is 1. The largest absolute Gasteiger partial charge is 0.573 e. The van der Waals surface area contributed by atoms with E-state index in [1.165, 1.54) is 18.6 Å². The molecule has 0 spiro atoms. The molecule has 1 saturated heterocycles. The molecule has 1 aliphatic rings. The van der Waals surface area contributed by atoms with Crippen LogP contribution in [0.15, 0.2) is 29.3 Å². The van der Waals surface area contributed by atoms with E-state index in [9.17, 15) is 13.2 Å². The van der Waals surface area contributed by atoms with Crippen LogP contribution in [0.1, 0.15) is 25.3 Å². The van der Waals surface area contributed by atoms with Crippen LogP contribution in [0.5, 0.6) is 5.75 Å². The van der Waals surface area contributed by atoms with E-state index in [4.69, 9.17) is 5.73 Å². The zero-order valence-electron chi connectivity index (χ0n) is 13.6. The van der Waals surface area contributed by atoms with Crippen LogP contribution in [0.3, 0.4) is 0 Å². The number of ether oxygens (including phenoxy) is 1. The molecule has 0 aliphatic carbocycles. The number of alkyl halides is 3. The highest BCUT2D eigenvalue weighted by molar-refractivity contribution is 14.0. The number of nitrogens with zero attached hydrogens (tertiary/aromatic N) is 2. The molecule has 1 unspecified atom stereocenters.